The molecule has 0 radical (unpaired) electrons. The SMILES string of the molecule is Cn1nccc1CC(=O)N[C@H](Cc1ccccc1)C(=O)O. The lowest BCUT2D eigenvalue weighted by Gasteiger charge is -2.14. The molecule has 1 heterocycles. The maximum absolute atomic E-state index is 12.0. The number of carbonyl (C=O) groups excluding carboxylic acids is 1. The molecular formula is C15H17N3O3. The van der Waals surface area contributed by atoms with Gasteiger partial charge in [-0.2, -0.15) is 5.10 Å². The lowest BCUT2D eigenvalue weighted by Crippen LogP contribution is -2.43. The van der Waals surface area contributed by atoms with Gasteiger partial charge in [-0.05, 0) is 11.6 Å². The molecule has 110 valence electrons. The lowest BCUT2D eigenvalue weighted by molar-refractivity contribution is -0.141. The van der Waals surface area contributed by atoms with Crippen LogP contribution in [0.5, 0.6) is 0 Å². The zero-order valence-electron chi connectivity index (χ0n) is 11.7. The summed E-state index contributed by atoms with van der Waals surface area (Å²) in [5.74, 6) is -1.38. The second-order valence-corrected chi connectivity index (χ2v) is 4.77. The molecule has 2 aromatic rings. The van der Waals surface area contributed by atoms with E-state index < -0.39 is 12.0 Å². The number of carboxylic acid groups (broad SMARTS) is 1. The van der Waals surface area contributed by atoms with Crippen molar-refractivity contribution in [3.63, 3.8) is 0 Å². The topological polar surface area (TPSA) is 84.2 Å². The summed E-state index contributed by atoms with van der Waals surface area (Å²) in [6.45, 7) is 0. The van der Waals surface area contributed by atoms with Crippen LogP contribution in [0, 0.1) is 0 Å². The Morgan fingerprint density at radius 2 is 2.00 bits per heavy atom. The normalized spacial score (nSPS) is 11.9. The van der Waals surface area contributed by atoms with Crippen molar-refractivity contribution in [2.75, 3.05) is 0 Å². The predicted molar refractivity (Wildman–Crippen MR) is 76.6 cm³/mol. The molecule has 0 aliphatic heterocycles. The molecule has 1 aromatic heterocycles. The first-order chi connectivity index (χ1) is 10.1. The average molecular weight is 287 g/mol. The van der Waals surface area contributed by atoms with Gasteiger partial charge in [0, 0.05) is 25.4 Å². The van der Waals surface area contributed by atoms with E-state index >= 15 is 0 Å². The van der Waals surface area contributed by atoms with Crippen molar-refractivity contribution in [1.29, 1.82) is 0 Å². The van der Waals surface area contributed by atoms with Crippen LogP contribution in [0.2, 0.25) is 0 Å². The van der Waals surface area contributed by atoms with E-state index in [1.807, 2.05) is 30.3 Å². The smallest absolute Gasteiger partial charge is 0.326 e. The minimum Gasteiger partial charge on any atom is -0.480 e. The van der Waals surface area contributed by atoms with E-state index in [-0.39, 0.29) is 18.7 Å². The van der Waals surface area contributed by atoms with Gasteiger partial charge in [-0.25, -0.2) is 4.79 Å². The predicted octanol–water partition coefficient (Wildman–Crippen LogP) is 0.775. The van der Waals surface area contributed by atoms with E-state index in [4.69, 9.17) is 0 Å². The number of rotatable bonds is 6. The zero-order chi connectivity index (χ0) is 15.2. The van der Waals surface area contributed by atoms with Crippen LogP contribution in [-0.2, 0) is 29.5 Å². The molecule has 0 fully saturated rings. The number of aromatic nitrogens is 2. The summed E-state index contributed by atoms with van der Waals surface area (Å²) >= 11 is 0. The van der Waals surface area contributed by atoms with Crippen molar-refractivity contribution in [1.82, 2.24) is 15.1 Å². The Bertz CT molecular complexity index is 622. The van der Waals surface area contributed by atoms with Crippen LogP contribution in [0.25, 0.3) is 0 Å². The van der Waals surface area contributed by atoms with E-state index in [0.29, 0.717) is 0 Å². The number of hydrogen-bond donors (Lipinski definition) is 2. The van der Waals surface area contributed by atoms with E-state index in [1.165, 1.54) is 0 Å². The number of hydrogen-bond acceptors (Lipinski definition) is 3. The summed E-state index contributed by atoms with van der Waals surface area (Å²) in [5.41, 5.74) is 1.60. The lowest BCUT2D eigenvalue weighted by atomic mass is 10.1. The molecule has 0 aliphatic rings. The van der Waals surface area contributed by atoms with Crippen LogP contribution in [0.3, 0.4) is 0 Å². The molecule has 0 bridgehead atoms. The number of amides is 1. The Hall–Kier alpha value is -2.63. The summed E-state index contributed by atoms with van der Waals surface area (Å²) in [6, 6.07) is 10.0. The van der Waals surface area contributed by atoms with Crippen molar-refractivity contribution < 1.29 is 14.7 Å². The largest absolute Gasteiger partial charge is 0.480 e. The van der Waals surface area contributed by atoms with Gasteiger partial charge in [-0.15, -0.1) is 0 Å². The fourth-order valence-electron chi connectivity index (χ4n) is 2.03. The molecule has 2 rings (SSSR count). The van der Waals surface area contributed by atoms with Gasteiger partial charge in [-0.1, -0.05) is 30.3 Å². The Morgan fingerprint density at radius 1 is 1.29 bits per heavy atom. The summed E-state index contributed by atoms with van der Waals surface area (Å²) < 4.78 is 1.59. The minimum atomic E-state index is -1.04. The van der Waals surface area contributed by atoms with Crippen LogP contribution in [0.15, 0.2) is 42.6 Å². The third-order valence-corrected chi connectivity index (χ3v) is 3.18. The van der Waals surface area contributed by atoms with E-state index in [2.05, 4.69) is 10.4 Å². The van der Waals surface area contributed by atoms with Gasteiger partial charge >= 0.3 is 5.97 Å². The third-order valence-electron chi connectivity index (χ3n) is 3.18. The first-order valence-corrected chi connectivity index (χ1v) is 6.59. The molecule has 21 heavy (non-hydrogen) atoms. The fourth-order valence-corrected chi connectivity index (χ4v) is 2.03. The van der Waals surface area contributed by atoms with E-state index in [1.54, 1.807) is 24.0 Å². The molecule has 0 aliphatic carbocycles. The molecule has 0 saturated carbocycles. The van der Waals surface area contributed by atoms with Gasteiger partial charge in [0.15, 0.2) is 0 Å². The number of benzene rings is 1. The number of nitrogens with zero attached hydrogens (tertiary/aromatic N) is 2. The summed E-state index contributed by atoms with van der Waals surface area (Å²) in [6.07, 6.45) is 1.96. The molecule has 0 spiro atoms. The Morgan fingerprint density at radius 3 is 2.57 bits per heavy atom. The first kappa shape index (κ1) is 14.8. The number of nitrogens with one attached hydrogen (secondary N) is 1. The van der Waals surface area contributed by atoms with Gasteiger partial charge in [0.25, 0.3) is 0 Å². The summed E-state index contributed by atoms with van der Waals surface area (Å²) in [4.78, 5) is 23.2. The molecular weight excluding hydrogens is 270 g/mol. The highest BCUT2D eigenvalue weighted by Gasteiger charge is 2.20. The van der Waals surface area contributed by atoms with Crippen LogP contribution in [-0.4, -0.2) is 32.8 Å². The highest BCUT2D eigenvalue weighted by Crippen LogP contribution is 2.04. The second-order valence-electron chi connectivity index (χ2n) is 4.77. The Labute approximate surface area is 122 Å². The molecule has 2 N–H and O–H groups in total. The van der Waals surface area contributed by atoms with Gasteiger partial charge in [0.05, 0.1) is 6.42 Å². The van der Waals surface area contributed by atoms with Crippen molar-refractivity contribution in [3.05, 3.63) is 53.9 Å². The third kappa shape index (κ3) is 4.17. The number of carbonyl (C=O) groups is 2. The molecule has 0 unspecified atom stereocenters. The van der Waals surface area contributed by atoms with Crippen molar-refractivity contribution in [2.24, 2.45) is 7.05 Å². The van der Waals surface area contributed by atoms with Gasteiger partial charge in [-0.3, -0.25) is 9.48 Å². The molecule has 6 nitrogen and oxygen atoms in total. The summed E-state index contributed by atoms with van der Waals surface area (Å²) in [7, 11) is 1.74. The van der Waals surface area contributed by atoms with Crippen LogP contribution in [0.1, 0.15) is 11.3 Å². The number of aliphatic carboxylic acids is 1. The van der Waals surface area contributed by atoms with Crippen molar-refractivity contribution >= 4 is 11.9 Å². The maximum atomic E-state index is 12.0. The first-order valence-electron chi connectivity index (χ1n) is 6.59. The molecule has 0 saturated heterocycles. The van der Waals surface area contributed by atoms with Gasteiger partial charge < -0.3 is 10.4 Å². The molecule has 1 amide bonds. The quantitative estimate of drug-likeness (QED) is 0.822. The molecule has 1 aromatic carbocycles. The van der Waals surface area contributed by atoms with Crippen LogP contribution >= 0.6 is 0 Å². The standard InChI is InChI=1S/C15H17N3O3/c1-18-12(7-8-16-18)10-14(19)17-13(15(20)21)9-11-5-3-2-4-6-11/h2-8,13H,9-10H2,1H3,(H,17,19)(H,20,21)/t13-/m1/s1. The van der Waals surface area contributed by atoms with Crippen LogP contribution < -0.4 is 5.32 Å². The van der Waals surface area contributed by atoms with Crippen molar-refractivity contribution in [2.45, 2.75) is 18.9 Å². The second kappa shape index (κ2) is 6.69. The highest BCUT2D eigenvalue weighted by molar-refractivity contribution is 5.84. The molecule has 6 heteroatoms. The Balaban J connectivity index is 1.98. The van der Waals surface area contributed by atoms with Crippen molar-refractivity contribution in [3.8, 4) is 0 Å². The average Bonchev–Trinajstić information content (AvgIpc) is 2.84. The summed E-state index contributed by atoms with van der Waals surface area (Å²) in [5, 5.41) is 15.8. The highest BCUT2D eigenvalue weighted by atomic mass is 16.4. The monoisotopic (exact) mass is 287 g/mol. The Kier molecular flexibility index (Phi) is 4.71. The fraction of sp³-hybridized carbons (Fsp3) is 0.267. The van der Waals surface area contributed by atoms with Crippen LogP contribution in [0.4, 0.5) is 0 Å². The van der Waals surface area contributed by atoms with Gasteiger partial charge in [0.1, 0.15) is 6.04 Å². The van der Waals surface area contributed by atoms with Gasteiger partial charge in [0.2, 0.25) is 5.91 Å². The van der Waals surface area contributed by atoms with E-state index in [0.717, 1.165) is 11.3 Å². The number of carboxylic acids is 1. The minimum absolute atomic E-state index is 0.106. The van der Waals surface area contributed by atoms with E-state index in [9.17, 15) is 14.7 Å². The molecule has 1 atom stereocenters. The number of aryl methyl sites for hydroxylation is 1. The zero-order valence-corrected chi connectivity index (χ0v) is 11.7. The maximum Gasteiger partial charge on any atom is 0.326 e.